The van der Waals surface area contributed by atoms with Crippen molar-refractivity contribution < 1.29 is 5.11 Å². The van der Waals surface area contributed by atoms with Crippen LogP contribution in [0.25, 0.3) is 0 Å². The van der Waals surface area contributed by atoms with Crippen molar-refractivity contribution in [3.63, 3.8) is 0 Å². The van der Waals surface area contributed by atoms with Crippen LogP contribution in [0.4, 0.5) is 0 Å². The fraction of sp³-hybridized carbons (Fsp3) is 0.571. The Balaban J connectivity index is 0.00000144. The third kappa shape index (κ3) is 3.23. The number of benzene rings is 1. The Morgan fingerprint density at radius 2 is 2.18 bits per heavy atom. The standard InChI is InChI=1S/C14H21NO.BrH/c1-3-8-15-14-7-5-11-4-6-12(16)9-13(11)10(14)2;/h4,6,9-10,14-16H,3,5,7-8H2,1-2H3;1H. The van der Waals surface area contributed by atoms with E-state index in [0.717, 1.165) is 13.0 Å². The molecule has 0 spiro atoms. The van der Waals surface area contributed by atoms with Crippen molar-refractivity contribution in [3.05, 3.63) is 29.3 Å². The summed E-state index contributed by atoms with van der Waals surface area (Å²) >= 11 is 0. The third-order valence-electron chi connectivity index (χ3n) is 3.60. The maximum Gasteiger partial charge on any atom is 0.115 e. The van der Waals surface area contributed by atoms with E-state index in [-0.39, 0.29) is 17.0 Å². The second-order valence-corrected chi connectivity index (χ2v) is 4.77. The molecule has 2 rings (SSSR count). The molecular formula is C14H22BrNO. The maximum atomic E-state index is 9.55. The van der Waals surface area contributed by atoms with Gasteiger partial charge >= 0.3 is 0 Å². The minimum Gasteiger partial charge on any atom is -0.508 e. The number of hydrogen-bond donors (Lipinski definition) is 2. The van der Waals surface area contributed by atoms with Gasteiger partial charge in [0, 0.05) is 6.04 Å². The number of fused-ring (bicyclic) bond motifs is 1. The van der Waals surface area contributed by atoms with E-state index in [1.807, 2.05) is 6.07 Å². The molecule has 96 valence electrons. The van der Waals surface area contributed by atoms with E-state index in [2.05, 4.69) is 25.2 Å². The molecule has 1 aromatic rings. The lowest BCUT2D eigenvalue weighted by molar-refractivity contribution is 0.401. The van der Waals surface area contributed by atoms with E-state index < -0.39 is 0 Å². The van der Waals surface area contributed by atoms with Crippen LogP contribution in [0.2, 0.25) is 0 Å². The largest absolute Gasteiger partial charge is 0.508 e. The van der Waals surface area contributed by atoms with Gasteiger partial charge in [0.15, 0.2) is 0 Å². The summed E-state index contributed by atoms with van der Waals surface area (Å²) in [5, 5.41) is 13.1. The molecule has 0 heterocycles. The van der Waals surface area contributed by atoms with Crippen molar-refractivity contribution >= 4 is 17.0 Å². The zero-order valence-corrected chi connectivity index (χ0v) is 12.3. The van der Waals surface area contributed by atoms with Gasteiger partial charge in [0.05, 0.1) is 0 Å². The van der Waals surface area contributed by atoms with E-state index in [1.165, 1.54) is 24.0 Å². The Morgan fingerprint density at radius 3 is 2.88 bits per heavy atom. The molecule has 0 bridgehead atoms. The Morgan fingerprint density at radius 1 is 1.41 bits per heavy atom. The van der Waals surface area contributed by atoms with Gasteiger partial charge in [-0.1, -0.05) is 19.9 Å². The van der Waals surface area contributed by atoms with Crippen molar-refractivity contribution in [2.45, 2.75) is 45.1 Å². The molecule has 0 saturated carbocycles. The average molecular weight is 300 g/mol. The molecule has 0 radical (unpaired) electrons. The van der Waals surface area contributed by atoms with Gasteiger partial charge in [-0.15, -0.1) is 17.0 Å². The Labute approximate surface area is 114 Å². The molecule has 2 atom stereocenters. The van der Waals surface area contributed by atoms with Crippen LogP contribution in [0, 0.1) is 0 Å². The van der Waals surface area contributed by atoms with Crippen LogP contribution in [0.15, 0.2) is 18.2 Å². The van der Waals surface area contributed by atoms with Crippen molar-refractivity contribution in [3.8, 4) is 5.75 Å². The zero-order chi connectivity index (χ0) is 11.5. The summed E-state index contributed by atoms with van der Waals surface area (Å²) < 4.78 is 0. The summed E-state index contributed by atoms with van der Waals surface area (Å²) in [6.45, 7) is 5.54. The fourth-order valence-electron chi connectivity index (χ4n) is 2.62. The first-order chi connectivity index (χ1) is 7.72. The van der Waals surface area contributed by atoms with Gasteiger partial charge in [-0.3, -0.25) is 0 Å². The smallest absolute Gasteiger partial charge is 0.115 e. The number of phenolic OH excluding ortho intramolecular Hbond substituents is 1. The van der Waals surface area contributed by atoms with Gasteiger partial charge in [-0.05, 0) is 55.0 Å². The molecule has 0 aromatic heterocycles. The van der Waals surface area contributed by atoms with Gasteiger partial charge in [-0.25, -0.2) is 0 Å². The number of phenols is 1. The Bertz CT molecular complexity index is 367. The van der Waals surface area contributed by atoms with E-state index in [0.29, 0.717) is 17.7 Å². The van der Waals surface area contributed by atoms with Crippen LogP contribution in [0.1, 0.15) is 43.7 Å². The summed E-state index contributed by atoms with van der Waals surface area (Å²) in [5.74, 6) is 0.893. The topological polar surface area (TPSA) is 32.3 Å². The highest BCUT2D eigenvalue weighted by Gasteiger charge is 2.25. The lowest BCUT2D eigenvalue weighted by Crippen LogP contribution is -2.37. The van der Waals surface area contributed by atoms with Crippen molar-refractivity contribution in [2.24, 2.45) is 0 Å². The lowest BCUT2D eigenvalue weighted by Gasteiger charge is -2.32. The minimum atomic E-state index is 0. The molecule has 1 aliphatic carbocycles. The molecule has 1 aromatic carbocycles. The monoisotopic (exact) mass is 299 g/mol. The molecule has 2 N–H and O–H groups in total. The van der Waals surface area contributed by atoms with E-state index in [1.54, 1.807) is 6.07 Å². The molecule has 17 heavy (non-hydrogen) atoms. The molecular weight excluding hydrogens is 278 g/mol. The number of nitrogens with one attached hydrogen (secondary N) is 1. The van der Waals surface area contributed by atoms with Gasteiger partial charge < -0.3 is 10.4 Å². The molecule has 0 fully saturated rings. The van der Waals surface area contributed by atoms with Crippen LogP contribution < -0.4 is 5.32 Å². The summed E-state index contributed by atoms with van der Waals surface area (Å²) in [6, 6.07) is 6.36. The first-order valence-corrected chi connectivity index (χ1v) is 6.27. The molecule has 0 aliphatic heterocycles. The average Bonchev–Trinajstić information content (AvgIpc) is 2.29. The summed E-state index contributed by atoms with van der Waals surface area (Å²) in [7, 11) is 0. The number of hydrogen-bond acceptors (Lipinski definition) is 2. The number of aryl methyl sites for hydroxylation is 1. The van der Waals surface area contributed by atoms with Crippen LogP contribution in [-0.4, -0.2) is 17.7 Å². The van der Waals surface area contributed by atoms with Gasteiger partial charge in [-0.2, -0.15) is 0 Å². The fourth-order valence-corrected chi connectivity index (χ4v) is 2.62. The number of rotatable bonds is 3. The molecule has 2 unspecified atom stereocenters. The number of halogens is 1. The molecule has 3 heteroatoms. The van der Waals surface area contributed by atoms with Gasteiger partial charge in [0.2, 0.25) is 0 Å². The van der Waals surface area contributed by atoms with Crippen molar-refractivity contribution in [1.29, 1.82) is 0 Å². The van der Waals surface area contributed by atoms with Crippen LogP contribution in [0.5, 0.6) is 5.75 Å². The van der Waals surface area contributed by atoms with Crippen LogP contribution >= 0.6 is 17.0 Å². The van der Waals surface area contributed by atoms with E-state index >= 15 is 0 Å². The second kappa shape index (κ2) is 6.41. The van der Waals surface area contributed by atoms with Crippen molar-refractivity contribution in [2.75, 3.05) is 6.54 Å². The molecule has 0 amide bonds. The van der Waals surface area contributed by atoms with Gasteiger partial charge in [0.1, 0.15) is 5.75 Å². The minimum absolute atomic E-state index is 0. The summed E-state index contributed by atoms with van der Waals surface area (Å²) in [4.78, 5) is 0. The van der Waals surface area contributed by atoms with Crippen molar-refractivity contribution in [1.82, 2.24) is 5.32 Å². The molecule has 0 saturated heterocycles. The molecule has 2 nitrogen and oxygen atoms in total. The zero-order valence-electron chi connectivity index (χ0n) is 10.6. The lowest BCUT2D eigenvalue weighted by atomic mass is 9.80. The summed E-state index contributed by atoms with van der Waals surface area (Å²) in [5.41, 5.74) is 2.72. The SMILES string of the molecule is Br.CCCNC1CCc2ccc(O)cc2C1C. The Hall–Kier alpha value is -0.540. The highest BCUT2D eigenvalue weighted by molar-refractivity contribution is 8.93. The maximum absolute atomic E-state index is 9.55. The highest BCUT2D eigenvalue weighted by Crippen LogP contribution is 2.33. The van der Waals surface area contributed by atoms with Gasteiger partial charge in [0.25, 0.3) is 0 Å². The quantitative estimate of drug-likeness (QED) is 0.897. The first-order valence-electron chi connectivity index (χ1n) is 6.27. The van der Waals surface area contributed by atoms with E-state index in [4.69, 9.17) is 0 Å². The second-order valence-electron chi connectivity index (χ2n) is 4.77. The normalized spacial score (nSPS) is 22.7. The third-order valence-corrected chi connectivity index (χ3v) is 3.60. The molecule has 1 aliphatic rings. The predicted molar refractivity (Wildman–Crippen MR) is 77.2 cm³/mol. The predicted octanol–water partition coefficient (Wildman–Crippen LogP) is 3.39. The highest BCUT2D eigenvalue weighted by atomic mass is 79.9. The van der Waals surface area contributed by atoms with Crippen LogP contribution in [0.3, 0.4) is 0 Å². The first kappa shape index (κ1) is 14.5. The van der Waals surface area contributed by atoms with E-state index in [9.17, 15) is 5.11 Å². The van der Waals surface area contributed by atoms with Crippen LogP contribution in [-0.2, 0) is 6.42 Å². The summed E-state index contributed by atoms with van der Waals surface area (Å²) in [6.07, 6.45) is 3.51. The number of aromatic hydroxyl groups is 1. The Kier molecular flexibility index (Phi) is 5.47.